The first-order valence-corrected chi connectivity index (χ1v) is 16.2. The van der Waals surface area contributed by atoms with Gasteiger partial charge in [-0.2, -0.15) is 0 Å². The Balaban J connectivity index is 1.31. The molecule has 43 heavy (non-hydrogen) atoms. The highest BCUT2D eigenvalue weighted by Crippen LogP contribution is 2.43. The van der Waals surface area contributed by atoms with E-state index in [1.807, 2.05) is 23.1 Å². The molecule has 10 nitrogen and oxygen atoms in total. The third-order valence-electron chi connectivity index (χ3n) is 9.48. The third-order valence-corrected chi connectivity index (χ3v) is 9.48. The molecule has 2 aliphatic heterocycles. The van der Waals surface area contributed by atoms with Crippen LogP contribution in [0.15, 0.2) is 18.2 Å². The molecule has 4 aliphatic rings. The van der Waals surface area contributed by atoms with Gasteiger partial charge in [0.05, 0.1) is 30.2 Å². The number of hydrogen-bond acceptors (Lipinski definition) is 7. The van der Waals surface area contributed by atoms with Gasteiger partial charge in [-0.15, -0.1) is 0 Å². The van der Waals surface area contributed by atoms with Gasteiger partial charge in [0.2, 0.25) is 11.8 Å². The molecule has 0 radical (unpaired) electrons. The number of anilines is 2. The van der Waals surface area contributed by atoms with Crippen LogP contribution >= 0.6 is 0 Å². The topological polar surface area (TPSA) is 109 Å². The second kappa shape index (κ2) is 13.9. The van der Waals surface area contributed by atoms with Crippen molar-refractivity contribution in [2.24, 2.45) is 17.8 Å². The number of benzene rings is 1. The van der Waals surface area contributed by atoms with Gasteiger partial charge in [-0.3, -0.25) is 14.4 Å². The summed E-state index contributed by atoms with van der Waals surface area (Å²) in [6, 6.07) is 5.85. The number of nitrogens with zero attached hydrogens (tertiary/aromatic N) is 2. The van der Waals surface area contributed by atoms with Crippen LogP contribution in [0.5, 0.6) is 5.75 Å². The van der Waals surface area contributed by atoms with Crippen molar-refractivity contribution < 1.29 is 28.6 Å². The zero-order valence-electron chi connectivity index (χ0n) is 26.4. The third kappa shape index (κ3) is 7.35. The van der Waals surface area contributed by atoms with E-state index in [0.29, 0.717) is 63.0 Å². The molecule has 3 atom stereocenters. The highest BCUT2D eigenvalue weighted by atomic mass is 16.5. The normalized spacial score (nSPS) is 24.6. The van der Waals surface area contributed by atoms with Gasteiger partial charge < -0.3 is 34.6 Å². The Morgan fingerprint density at radius 3 is 2.53 bits per heavy atom. The van der Waals surface area contributed by atoms with E-state index in [2.05, 4.69) is 10.6 Å². The molecule has 0 unspecified atom stereocenters. The van der Waals surface area contributed by atoms with E-state index < -0.39 is 5.60 Å². The summed E-state index contributed by atoms with van der Waals surface area (Å²) >= 11 is 0. The number of piperidine rings is 1. The lowest BCUT2D eigenvalue weighted by Crippen LogP contribution is -2.53. The molecule has 0 spiro atoms. The minimum absolute atomic E-state index is 0.00841. The Bertz CT molecular complexity index is 1150. The fraction of sp³-hybridized carbons (Fsp3) is 0.727. The predicted octanol–water partition coefficient (Wildman–Crippen LogP) is 3.66. The van der Waals surface area contributed by atoms with Crippen LogP contribution in [0.25, 0.3) is 0 Å². The molecule has 0 bridgehead atoms. The average Bonchev–Trinajstić information content (AvgIpc) is 3.85. The fourth-order valence-corrected chi connectivity index (χ4v) is 6.98. The lowest BCUT2D eigenvalue weighted by atomic mass is 9.83. The largest absolute Gasteiger partial charge is 0.476 e. The van der Waals surface area contributed by atoms with Gasteiger partial charge in [0.25, 0.3) is 5.91 Å². The van der Waals surface area contributed by atoms with Gasteiger partial charge >= 0.3 is 0 Å². The summed E-state index contributed by atoms with van der Waals surface area (Å²) in [6.45, 7) is 6.23. The summed E-state index contributed by atoms with van der Waals surface area (Å²) in [5.74, 6) is 0.413. The second-order valence-corrected chi connectivity index (χ2v) is 13.3. The molecule has 2 saturated carbocycles. The van der Waals surface area contributed by atoms with Crippen LogP contribution in [0.2, 0.25) is 0 Å². The zero-order valence-corrected chi connectivity index (χ0v) is 26.4. The van der Waals surface area contributed by atoms with Gasteiger partial charge in [-0.25, -0.2) is 0 Å². The summed E-state index contributed by atoms with van der Waals surface area (Å²) in [5, 5.41) is 6.67. The van der Waals surface area contributed by atoms with Crippen molar-refractivity contribution in [3.63, 3.8) is 0 Å². The highest BCUT2D eigenvalue weighted by molar-refractivity contribution is 6.04. The van der Waals surface area contributed by atoms with Gasteiger partial charge in [0.1, 0.15) is 5.75 Å². The Morgan fingerprint density at radius 2 is 1.84 bits per heavy atom. The van der Waals surface area contributed by atoms with Crippen LogP contribution in [0.3, 0.4) is 0 Å². The number of nitrogens with one attached hydrogen (secondary N) is 2. The Labute approximate surface area is 256 Å². The lowest BCUT2D eigenvalue weighted by Gasteiger charge is -2.40. The van der Waals surface area contributed by atoms with Crippen LogP contribution in [0.4, 0.5) is 11.4 Å². The number of amides is 3. The molecule has 238 valence electrons. The van der Waals surface area contributed by atoms with Crippen molar-refractivity contribution in [1.29, 1.82) is 0 Å². The van der Waals surface area contributed by atoms with Gasteiger partial charge in [-0.05, 0) is 76.5 Å². The maximum atomic E-state index is 14.2. The number of methoxy groups -OCH3 is 2. The number of carbonyl (C=O) groups is 3. The lowest BCUT2D eigenvalue weighted by molar-refractivity contribution is -0.132. The zero-order chi connectivity index (χ0) is 30.6. The smallest absolute Gasteiger partial charge is 0.270 e. The summed E-state index contributed by atoms with van der Waals surface area (Å²) < 4.78 is 16.8. The van der Waals surface area contributed by atoms with E-state index in [9.17, 15) is 14.4 Å². The minimum atomic E-state index is -0.976. The Hall–Kier alpha value is -2.69. The first kappa shape index (κ1) is 31.7. The second-order valence-electron chi connectivity index (χ2n) is 13.3. The number of fused-ring (bicyclic) bond motifs is 1. The molecule has 2 N–H and O–H groups in total. The quantitative estimate of drug-likeness (QED) is 0.354. The SMILES string of the molecule is COCCCN1C(=O)C(C)(C)Oc2ccc(N(C(=O)[C@H]3CNC[C@@H](C(=O)N[C@H](COC)C4CCCCC4)C3)C3CC3)cc21. The fourth-order valence-electron chi connectivity index (χ4n) is 6.98. The Kier molecular flexibility index (Phi) is 10.3. The van der Waals surface area contributed by atoms with Crippen LogP contribution < -0.4 is 25.2 Å². The first-order valence-electron chi connectivity index (χ1n) is 16.2. The highest BCUT2D eigenvalue weighted by Gasteiger charge is 2.43. The maximum Gasteiger partial charge on any atom is 0.270 e. The van der Waals surface area contributed by atoms with Gasteiger partial charge in [-0.1, -0.05) is 19.3 Å². The van der Waals surface area contributed by atoms with Crippen LogP contribution in [-0.4, -0.2) is 82.5 Å². The van der Waals surface area contributed by atoms with E-state index in [0.717, 1.165) is 31.4 Å². The van der Waals surface area contributed by atoms with Crippen molar-refractivity contribution in [1.82, 2.24) is 10.6 Å². The van der Waals surface area contributed by atoms with E-state index in [1.54, 1.807) is 33.0 Å². The maximum absolute atomic E-state index is 14.2. The summed E-state index contributed by atoms with van der Waals surface area (Å²) in [7, 11) is 3.34. The molecular weight excluding hydrogens is 548 g/mol. The predicted molar refractivity (Wildman–Crippen MR) is 165 cm³/mol. The summed E-state index contributed by atoms with van der Waals surface area (Å²) in [6.07, 6.45) is 8.97. The van der Waals surface area contributed by atoms with Crippen LogP contribution in [0.1, 0.15) is 71.6 Å². The molecule has 3 amide bonds. The first-order chi connectivity index (χ1) is 20.7. The number of rotatable bonds is 12. The molecule has 1 aromatic rings. The number of ether oxygens (including phenoxy) is 3. The number of hydrogen-bond donors (Lipinski definition) is 2. The van der Waals surface area contributed by atoms with E-state index >= 15 is 0 Å². The van der Waals surface area contributed by atoms with E-state index in [4.69, 9.17) is 14.2 Å². The molecule has 2 heterocycles. The van der Waals surface area contributed by atoms with Crippen LogP contribution in [-0.2, 0) is 23.9 Å². The molecule has 10 heteroatoms. The Morgan fingerprint density at radius 1 is 1.09 bits per heavy atom. The van der Waals surface area contributed by atoms with Crippen molar-refractivity contribution in [3.8, 4) is 5.75 Å². The number of carbonyl (C=O) groups excluding carboxylic acids is 3. The molecule has 5 rings (SSSR count). The molecule has 1 saturated heterocycles. The van der Waals surface area contributed by atoms with Crippen molar-refractivity contribution in [2.45, 2.75) is 89.3 Å². The van der Waals surface area contributed by atoms with Crippen molar-refractivity contribution in [3.05, 3.63) is 18.2 Å². The monoisotopic (exact) mass is 598 g/mol. The van der Waals surface area contributed by atoms with E-state index in [1.165, 1.54) is 19.3 Å². The van der Waals surface area contributed by atoms with E-state index in [-0.39, 0.29) is 41.6 Å². The van der Waals surface area contributed by atoms with Gasteiger partial charge in [0, 0.05) is 52.2 Å². The molecule has 1 aromatic carbocycles. The standard InChI is InChI=1S/C33H50N4O6/c1-33(2)32(40)36(15-8-16-41-3)28-18-26(13-14-29(28)43-33)37(25-11-12-25)31(39)24-17-23(19-34-20-24)30(38)35-27(21-42-4)22-9-6-5-7-10-22/h13-14,18,22-25,27,34H,5-12,15-17,19-21H2,1-4H3,(H,35,38)/t23-,24+,27+/m0/s1. The summed E-state index contributed by atoms with van der Waals surface area (Å²) in [4.78, 5) is 44.7. The summed E-state index contributed by atoms with van der Waals surface area (Å²) in [5.41, 5.74) is 0.473. The van der Waals surface area contributed by atoms with Crippen molar-refractivity contribution >= 4 is 29.1 Å². The molecule has 3 fully saturated rings. The molecule has 2 aliphatic carbocycles. The minimum Gasteiger partial charge on any atom is -0.476 e. The molecular formula is C33H50N4O6. The average molecular weight is 599 g/mol. The molecule has 0 aromatic heterocycles. The van der Waals surface area contributed by atoms with Crippen LogP contribution in [0, 0.1) is 17.8 Å². The van der Waals surface area contributed by atoms with Gasteiger partial charge in [0.15, 0.2) is 5.60 Å². The van der Waals surface area contributed by atoms with Crippen molar-refractivity contribution in [2.75, 3.05) is 56.9 Å².